The maximum Gasteiger partial charge on any atom is 0.263 e. The Bertz CT molecular complexity index is 771. The van der Waals surface area contributed by atoms with E-state index in [1.807, 2.05) is 6.07 Å². The SMILES string of the molecule is O=C1NOCC1NCC1CC(c2ccccc2)N1Cc1ccccc1Br. The van der Waals surface area contributed by atoms with Gasteiger partial charge in [0.05, 0.1) is 6.61 Å². The zero-order valence-corrected chi connectivity index (χ0v) is 16.0. The molecular weight excluding hydrogens is 394 g/mol. The Labute approximate surface area is 161 Å². The molecule has 6 heteroatoms. The van der Waals surface area contributed by atoms with E-state index in [-0.39, 0.29) is 11.9 Å². The van der Waals surface area contributed by atoms with Gasteiger partial charge in [-0.15, -0.1) is 0 Å². The zero-order valence-electron chi connectivity index (χ0n) is 14.4. The Kier molecular flexibility index (Phi) is 5.36. The van der Waals surface area contributed by atoms with Crippen LogP contribution < -0.4 is 10.8 Å². The molecule has 2 aromatic rings. The van der Waals surface area contributed by atoms with E-state index in [0.717, 1.165) is 24.0 Å². The average Bonchev–Trinajstić information content (AvgIpc) is 3.06. The molecule has 2 fully saturated rings. The normalized spacial score (nSPS) is 25.7. The standard InChI is InChI=1S/C20H22BrN3O2/c21-17-9-5-4-8-15(17)12-24-16(11-22-18-13-26-23-20(18)25)10-19(24)14-6-2-1-3-7-14/h1-9,16,18-19,22H,10-13H2,(H,23,25). The number of nitrogens with zero attached hydrogens (tertiary/aromatic N) is 1. The Morgan fingerprint density at radius 3 is 2.65 bits per heavy atom. The van der Waals surface area contributed by atoms with Crippen LogP contribution in [0.1, 0.15) is 23.6 Å². The maximum atomic E-state index is 11.7. The van der Waals surface area contributed by atoms with E-state index in [0.29, 0.717) is 18.7 Å². The lowest BCUT2D eigenvalue weighted by Crippen LogP contribution is -2.56. The molecule has 0 spiro atoms. The Morgan fingerprint density at radius 2 is 1.92 bits per heavy atom. The van der Waals surface area contributed by atoms with Gasteiger partial charge in [0.1, 0.15) is 6.04 Å². The number of hydrogen-bond acceptors (Lipinski definition) is 4. The number of halogens is 1. The van der Waals surface area contributed by atoms with Crippen LogP contribution in [-0.2, 0) is 16.2 Å². The quantitative estimate of drug-likeness (QED) is 0.761. The number of likely N-dealkylation sites (tertiary alicyclic amines) is 1. The van der Waals surface area contributed by atoms with Crippen LogP contribution in [0.4, 0.5) is 0 Å². The molecule has 3 atom stereocenters. The van der Waals surface area contributed by atoms with Crippen LogP contribution in [0.15, 0.2) is 59.1 Å². The summed E-state index contributed by atoms with van der Waals surface area (Å²) >= 11 is 3.66. The van der Waals surface area contributed by atoms with E-state index in [4.69, 9.17) is 4.84 Å². The van der Waals surface area contributed by atoms with E-state index in [1.165, 1.54) is 11.1 Å². The molecule has 2 aliphatic heterocycles. The molecule has 1 amide bonds. The first-order valence-corrected chi connectivity index (χ1v) is 9.71. The predicted molar refractivity (Wildman–Crippen MR) is 103 cm³/mol. The summed E-state index contributed by atoms with van der Waals surface area (Å²) in [5.41, 5.74) is 5.02. The first kappa shape index (κ1) is 17.7. The molecule has 26 heavy (non-hydrogen) atoms. The highest BCUT2D eigenvalue weighted by atomic mass is 79.9. The fraction of sp³-hybridized carbons (Fsp3) is 0.350. The molecule has 0 radical (unpaired) electrons. The summed E-state index contributed by atoms with van der Waals surface area (Å²) in [4.78, 5) is 19.2. The number of hydroxylamine groups is 1. The average molecular weight is 416 g/mol. The highest BCUT2D eigenvalue weighted by Gasteiger charge is 2.39. The van der Waals surface area contributed by atoms with Crippen LogP contribution in [0, 0.1) is 0 Å². The number of carbonyl (C=O) groups excluding carboxylic acids is 1. The van der Waals surface area contributed by atoms with E-state index >= 15 is 0 Å². The third-order valence-corrected chi connectivity index (χ3v) is 5.97. The molecule has 3 unspecified atom stereocenters. The maximum absolute atomic E-state index is 11.7. The summed E-state index contributed by atoms with van der Waals surface area (Å²) in [6.45, 7) is 2.04. The molecule has 2 heterocycles. The van der Waals surface area contributed by atoms with E-state index in [2.05, 4.69) is 80.2 Å². The molecule has 2 saturated heterocycles. The molecule has 0 aromatic heterocycles. The van der Waals surface area contributed by atoms with Crippen molar-refractivity contribution in [3.63, 3.8) is 0 Å². The van der Waals surface area contributed by atoms with Gasteiger partial charge in [-0.05, 0) is 23.6 Å². The van der Waals surface area contributed by atoms with E-state index in [9.17, 15) is 4.79 Å². The first-order valence-electron chi connectivity index (χ1n) is 8.91. The lowest BCUT2D eigenvalue weighted by Gasteiger charge is -2.49. The van der Waals surface area contributed by atoms with Crippen molar-refractivity contribution in [2.45, 2.75) is 31.1 Å². The second kappa shape index (κ2) is 7.88. The first-order chi connectivity index (χ1) is 12.7. The third kappa shape index (κ3) is 3.69. The number of amides is 1. The van der Waals surface area contributed by atoms with Crippen molar-refractivity contribution in [2.75, 3.05) is 13.2 Å². The molecule has 136 valence electrons. The summed E-state index contributed by atoms with van der Waals surface area (Å²) in [5, 5.41) is 3.35. The van der Waals surface area contributed by atoms with Gasteiger partial charge in [-0.3, -0.25) is 14.5 Å². The van der Waals surface area contributed by atoms with Crippen LogP contribution in [0.2, 0.25) is 0 Å². The van der Waals surface area contributed by atoms with Crippen molar-refractivity contribution in [1.29, 1.82) is 0 Å². The molecule has 5 nitrogen and oxygen atoms in total. The number of benzene rings is 2. The highest BCUT2D eigenvalue weighted by Crippen LogP contribution is 2.40. The molecule has 0 aliphatic carbocycles. The van der Waals surface area contributed by atoms with Crippen LogP contribution in [0.25, 0.3) is 0 Å². The van der Waals surface area contributed by atoms with E-state index < -0.39 is 0 Å². The van der Waals surface area contributed by atoms with Gasteiger partial charge in [-0.1, -0.05) is 64.5 Å². The lowest BCUT2D eigenvalue weighted by atomic mass is 9.86. The monoisotopic (exact) mass is 415 g/mol. The molecular formula is C20H22BrN3O2. The molecule has 2 N–H and O–H groups in total. The van der Waals surface area contributed by atoms with Crippen LogP contribution in [0.3, 0.4) is 0 Å². The second-order valence-electron chi connectivity index (χ2n) is 6.82. The Hall–Kier alpha value is -1.73. The van der Waals surface area contributed by atoms with Crippen LogP contribution >= 0.6 is 15.9 Å². The minimum Gasteiger partial charge on any atom is -0.302 e. The van der Waals surface area contributed by atoms with Gasteiger partial charge >= 0.3 is 0 Å². The van der Waals surface area contributed by atoms with Crippen molar-refractivity contribution in [3.05, 3.63) is 70.2 Å². The summed E-state index contributed by atoms with van der Waals surface area (Å²) in [5.74, 6) is -0.0821. The van der Waals surface area contributed by atoms with Crippen molar-refractivity contribution in [1.82, 2.24) is 15.7 Å². The van der Waals surface area contributed by atoms with Crippen molar-refractivity contribution in [3.8, 4) is 0 Å². The summed E-state index contributed by atoms with van der Waals surface area (Å²) < 4.78 is 1.13. The molecule has 0 bridgehead atoms. The zero-order chi connectivity index (χ0) is 17.9. The topological polar surface area (TPSA) is 53.6 Å². The van der Waals surface area contributed by atoms with Gasteiger partial charge in [0.25, 0.3) is 5.91 Å². The summed E-state index contributed by atoms with van der Waals surface area (Å²) in [7, 11) is 0. The van der Waals surface area contributed by atoms with Crippen molar-refractivity contribution >= 4 is 21.8 Å². The number of nitrogens with one attached hydrogen (secondary N) is 2. The van der Waals surface area contributed by atoms with E-state index in [1.54, 1.807) is 0 Å². The largest absolute Gasteiger partial charge is 0.302 e. The van der Waals surface area contributed by atoms with Crippen LogP contribution in [-0.4, -0.2) is 36.0 Å². The second-order valence-corrected chi connectivity index (χ2v) is 7.67. The fourth-order valence-corrected chi connectivity index (χ4v) is 4.09. The van der Waals surface area contributed by atoms with Gasteiger partial charge in [-0.2, -0.15) is 0 Å². The minimum absolute atomic E-state index is 0.0821. The number of hydrogen-bond donors (Lipinski definition) is 2. The smallest absolute Gasteiger partial charge is 0.263 e. The van der Waals surface area contributed by atoms with Crippen molar-refractivity contribution in [2.24, 2.45) is 0 Å². The summed E-state index contributed by atoms with van der Waals surface area (Å²) in [6, 6.07) is 19.5. The van der Waals surface area contributed by atoms with Gasteiger partial charge < -0.3 is 5.32 Å². The minimum atomic E-state index is -0.254. The molecule has 2 aromatic carbocycles. The van der Waals surface area contributed by atoms with Crippen LogP contribution in [0.5, 0.6) is 0 Å². The van der Waals surface area contributed by atoms with Gasteiger partial charge in [0, 0.05) is 29.6 Å². The Morgan fingerprint density at radius 1 is 1.15 bits per heavy atom. The molecule has 0 saturated carbocycles. The number of rotatable bonds is 6. The molecule has 2 aliphatic rings. The van der Waals surface area contributed by atoms with Gasteiger partial charge in [0.2, 0.25) is 0 Å². The fourth-order valence-electron chi connectivity index (χ4n) is 3.68. The predicted octanol–water partition coefficient (Wildman–Crippen LogP) is 2.78. The van der Waals surface area contributed by atoms with Crippen molar-refractivity contribution < 1.29 is 9.63 Å². The van der Waals surface area contributed by atoms with Gasteiger partial charge in [-0.25, -0.2) is 5.48 Å². The van der Waals surface area contributed by atoms with Gasteiger partial charge in [0.15, 0.2) is 0 Å². The lowest BCUT2D eigenvalue weighted by molar-refractivity contribution is -0.125. The third-order valence-electron chi connectivity index (χ3n) is 5.20. The number of carbonyl (C=O) groups is 1. The summed E-state index contributed by atoms with van der Waals surface area (Å²) in [6.07, 6.45) is 1.08. The molecule has 4 rings (SSSR count). The highest BCUT2D eigenvalue weighted by molar-refractivity contribution is 9.10. The Balaban J connectivity index is 1.47.